The van der Waals surface area contributed by atoms with Gasteiger partial charge in [0.1, 0.15) is 0 Å². The van der Waals surface area contributed by atoms with Crippen molar-refractivity contribution >= 4 is 12.2 Å². The monoisotopic (exact) mass is 159 g/mol. The Bertz CT molecular complexity index is 356. The smallest absolute Gasteiger partial charge is 0.0455 e. The van der Waals surface area contributed by atoms with Gasteiger partial charge in [-0.15, -0.1) is 0 Å². The van der Waals surface area contributed by atoms with E-state index in [4.69, 9.17) is 0 Å². The second-order valence-corrected chi connectivity index (χ2v) is 2.63. The van der Waals surface area contributed by atoms with E-state index in [0.29, 0.717) is 0 Å². The van der Waals surface area contributed by atoms with Crippen molar-refractivity contribution in [2.75, 3.05) is 0 Å². The molecule has 0 aromatic carbocycles. The van der Waals surface area contributed by atoms with Gasteiger partial charge in [-0.2, -0.15) is 0 Å². The zero-order valence-electron chi connectivity index (χ0n) is 7.30. The molecule has 1 heteroatoms. The van der Waals surface area contributed by atoms with E-state index in [2.05, 4.69) is 24.2 Å². The van der Waals surface area contributed by atoms with Crippen LogP contribution in [0.4, 0.5) is 0 Å². The lowest BCUT2D eigenvalue weighted by molar-refractivity contribution is 1.22. The second kappa shape index (κ2) is 3.77. The summed E-state index contributed by atoms with van der Waals surface area (Å²) in [5.74, 6) is 0. The molecule has 1 aromatic rings. The normalized spacial score (nSPS) is 13.4. The van der Waals surface area contributed by atoms with E-state index in [9.17, 15) is 0 Å². The lowest BCUT2D eigenvalue weighted by Crippen LogP contribution is -2.21. The van der Waals surface area contributed by atoms with Crippen LogP contribution >= 0.6 is 0 Å². The average molecular weight is 159 g/mol. The first-order chi connectivity index (χ1) is 5.77. The summed E-state index contributed by atoms with van der Waals surface area (Å²) >= 11 is 0. The summed E-state index contributed by atoms with van der Waals surface area (Å²) in [7, 11) is 0. The molecule has 1 rings (SSSR count). The maximum Gasteiger partial charge on any atom is 0.0455 e. The van der Waals surface area contributed by atoms with Crippen LogP contribution in [0.25, 0.3) is 12.2 Å². The SMILES string of the molecule is C=C/C=c1/cc(C)[nH]/c1=C/C=C. The number of aryl methyl sites for hydroxylation is 1. The Labute approximate surface area is 72.4 Å². The van der Waals surface area contributed by atoms with Crippen LogP contribution in [0.5, 0.6) is 0 Å². The minimum absolute atomic E-state index is 1.09. The van der Waals surface area contributed by atoms with E-state index in [1.165, 1.54) is 0 Å². The highest BCUT2D eigenvalue weighted by Gasteiger charge is 1.87. The van der Waals surface area contributed by atoms with Crippen LogP contribution in [-0.2, 0) is 0 Å². The van der Waals surface area contributed by atoms with Crippen molar-refractivity contribution in [3.63, 3.8) is 0 Å². The minimum Gasteiger partial charge on any atom is -0.359 e. The van der Waals surface area contributed by atoms with Gasteiger partial charge in [-0.05, 0) is 24.3 Å². The number of nitrogens with one attached hydrogen (secondary N) is 1. The average Bonchev–Trinajstić information content (AvgIpc) is 2.33. The molecule has 0 fully saturated rings. The van der Waals surface area contributed by atoms with Crippen molar-refractivity contribution in [3.8, 4) is 0 Å². The van der Waals surface area contributed by atoms with Gasteiger partial charge in [0.25, 0.3) is 0 Å². The summed E-state index contributed by atoms with van der Waals surface area (Å²) in [4.78, 5) is 3.22. The largest absolute Gasteiger partial charge is 0.359 e. The molecule has 0 saturated carbocycles. The van der Waals surface area contributed by atoms with Gasteiger partial charge in [-0.3, -0.25) is 0 Å². The summed E-state index contributed by atoms with van der Waals surface area (Å²) < 4.78 is 0. The van der Waals surface area contributed by atoms with E-state index in [-0.39, 0.29) is 0 Å². The van der Waals surface area contributed by atoms with E-state index in [0.717, 1.165) is 16.3 Å². The summed E-state index contributed by atoms with van der Waals surface area (Å²) in [5.41, 5.74) is 1.15. The van der Waals surface area contributed by atoms with Gasteiger partial charge in [0.15, 0.2) is 0 Å². The number of rotatable bonds is 2. The number of aromatic amines is 1. The van der Waals surface area contributed by atoms with Crippen molar-refractivity contribution in [2.45, 2.75) is 6.92 Å². The second-order valence-electron chi connectivity index (χ2n) is 2.63. The highest BCUT2D eigenvalue weighted by molar-refractivity contribution is 5.41. The van der Waals surface area contributed by atoms with Crippen LogP contribution in [0.15, 0.2) is 31.4 Å². The molecule has 0 radical (unpaired) electrons. The standard InChI is InChI=1S/C11H13N/c1-4-6-10-8-9(3)12-11(10)7-5-2/h4-8,12H,1-2H2,3H3/b10-6-,11-7+. The maximum absolute atomic E-state index is 3.66. The van der Waals surface area contributed by atoms with Crippen molar-refractivity contribution in [1.82, 2.24) is 4.98 Å². The molecular formula is C11H13N. The molecule has 0 aliphatic rings. The zero-order chi connectivity index (χ0) is 8.97. The first kappa shape index (κ1) is 8.60. The summed E-state index contributed by atoms with van der Waals surface area (Å²) in [6, 6.07) is 2.08. The number of H-pyrrole nitrogens is 1. The predicted octanol–water partition coefficient (Wildman–Crippen LogP) is 1.26. The topological polar surface area (TPSA) is 15.8 Å². The Hall–Kier alpha value is -1.50. The van der Waals surface area contributed by atoms with Crippen molar-refractivity contribution in [1.29, 1.82) is 0 Å². The fourth-order valence-corrected chi connectivity index (χ4v) is 1.15. The van der Waals surface area contributed by atoms with Gasteiger partial charge >= 0.3 is 0 Å². The number of aromatic nitrogens is 1. The Morgan fingerprint density at radius 1 is 1.25 bits per heavy atom. The number of allylic oxidation sites excluding steroid dienone is 2. The van der Waals surface area contributed by atoms with Gasteiger partial charge < -0.3 is 4.98 Å². The van der Waals surface area contributed by atoms with E-state index < -0.39 is 0 Å². The molecule has 1 N–H and O–H groups in total. The predicted molar refractivity (Wildman–Crippen MR) is 54.1 cm³/mol. The molecule has 0 unspecified atom stereocenters. The van der Waals surface area contributed by atoms with Crippen LogP contribution in [0.3, 0.4) is 0 Å². The van der Waals surface area contributed by atoms with Crippen LogP contribution in [0.1, 0.15) is 5.69 Å². The van der Waals surface area contributed by atoms with Crippen molar-refractivity contribution in [3.05, 3.63) is 47.6 Å². The van der Waals surface area contributed by atoms with Gasteiger partial charge in [0.05, 0.1) is 0 Å². The van der Waals surface area contributed by atoms with Crippen LogP contribution in [-0.4, -0.2) is 4.98 Å². The van der Waals surface area contributed by atoms with Crippen LogP contribution in [0, 0.1) is 6.92 Å². The van der Waals surface area contributed by atoms with E-state index >= 15 is 0 Å². The molecule has 0 aliphatic heterocycles. The Balaban J connectivity index is 3.46. The maximum atomic E-state index is 3.66. The van der Waals surface area contributed by atoms with Gasteiger partial charge in [0, 0.05) is 11.0 Å². The Morgan fingerprint density at radius 2 is 1.92 bits per heavy atom. The molecule has 0 spiro atoms. The molecule has 62 valence electrons. The lowest BCUT2D eigenvalue weighted by Gasteiger charge is -1.76. The van der Waals surface area contributed by atoms with Crippen LogP contribution < -0.4 is 10.6 Å². The summed E-state index contributed by atoms with van der Waals surface area (Å²) in [6.45, 7) is 9.34. The molecule has 1 nitrogen and oxygen atoms in total. The van der Waals surface area contributed by atoms with E-state index in [1.807, 2.05) is 19.1 Å². The molecule has 0 amide bonds. The van der Waals surface area contributed by atoms with Crippen LogP contribution in [0.2, 0.25) is 0 Å². The Kier molecular flexibility index (Phi) is 2.70. The quantitative estimate of drug-likeness (QED) is 0.668. The fraction of sp³-hybridized carbons (Fsp3) is 0.0909. The lowest BCUT2D eigenvalue weighted by atomic mass is 10.3. The molecular weight excluding hydrogens is 146 g/mol. The third-order valence-electron chi connectivity index (χ3n) is 1.60. The molecule has 1 aromatic heterocycles. The van der Waals surface area contributed by atoms with Crippen molar-refractivity contribution in [2.24, 2.45) is 0 Å². The molecule has 0 bridgehead atoms. The zero-order valence-corrected chi connectivity index (χ0v) is 7.30. The number of hydrogen-bond acceptors (Lipinski definition) is 0. The Morgan fingerprint density at radius 3 is 2.50 bits per heavy atom. The third-order valence-corrected chi connectivity index (χ3v) is 1.60. The summed E-state index contributed by atoms with van der Waals surface area (Å²) in [5, 5.41) is 2.24. The molecule has 0 atom stereocenters. The first-order valence-electron chi connectivity index (χ1n) is 3.89. The first-order valence-corrected chi connectivity index (χ1v) is 3.89. The third kappa shape index (κ3) is 1.76. The highest BCUT2D eigenvalue weighted by Crippen LogP contribution is 1.79. The molecule has 0 saturated heterocycles. The molecule has 12 heavy (non-hydrogen) atoms. The van der Waals surface area contributed by atoms with Gasteiger partial charge in [0.2, 0.25) is 0 Å². The van der Waals surface area contributed by atoms with Gasteiger partial charge in [-0.25, -0.2) is 0 Å². The fourth-order valence-electron chi connectivity index (χ4n) is 1.15. The van der Waals surface area contributed by atoms with Gasteiger partial charge in [-0.1, -0.05) is 31.4 Å². The molecule has 1 heterocycles. The molecule has 0 aliphatic carbocycles. The highest BCUT2D eigenvalue weighted by atomic mass is 14.7. The van der Waals surface area contributed by atoms with Crippen molar-refractivity contribution < 1.29 is 0 Å². The summed E-state index contributed by atoms with van der Waals surface area (Å²) in [6.07, 6.45) is 7.47. The van der Waals surface area contributed by atoms with E-state index in [1.54, 1.807) is 12.2 Å². The number of hydrogen-bond donors (Lipinski definition) is 1. The minimum atomic E-state index is 1.09.